The fourth-order valence-corrected chi connectivity index (χ4v) is 4.78. The third-order valence-electron chi connectivity index (χ3n) is 7.01. The van der Waals surface area contributed by atoms with E-state index in [0.29, 0.717) is 40.7 Å². The molecule has 2 heterocycles. The van der Waals surface area contributed by atoms with E-state index < -0.39 is 11.4 Å². The van der Waals surface area contributed by atoms with Gasteiger partial charge in [-0.25, -0.2) is 9.78 Å². The van der Waals surface area contributed by atoms with Crippen LogP contribution in [0.1, 0.15) is 44.0 Å². The monoisotopic (exact) mass is 496 g/mol. The van der Waals surface area contributed by atoms with Crippen LogP contribution in [0.2, 0.25) is 0 Å². The molecule has 0 unspecified atom stereocenters. The van der Waals surface area contributed by atoms with Gasteiger partial charge in [0.25, 0.3) is 0 Å². The van der Waals surface area contributed by atoms with E-state index in [4.69, 9.17) is 9.72 Å². The van der Waals surface area contributed by atoms with Gasteiger partial charge in [-0.2, -0.15) is 0 Å². The summed E-state index contributed by atoms with van der Waals surface area (Å²) in [4.78, 5) is 57.6. The zero-order valence-corrected chi connectivity index (χ0v) is 21.1. The van der Waals surface area contributed by atoms with Gasteiger partial charge in [0, 0.05) is 16.4 Å². The molecular formula is C30H28N2O5. The third kappa shape index (κ3) is 4.57. The van der Waals surface area contributed by atoms with Crippen molar-refractivity contribution in [3.63, 3.8) is 0 Å². The van der Waals surface area contributed by atoms with Crippen molar-refractivity contribution >= 4 is 40.2 Å². The Bertz CT molecular complexity index is 1440. The first-order valence-electron chi connectivity index (χ1n) is 12.4. The number of aromatic nitrogens is 1. The summed E-state index contributed by atoms with van der Waals surface area (Å²) in [7, 11) is 0. The first-order chi connectivity index (χ1) is 17.6. The van der Waals surface area contributed by atoms with Gasteiger partial charge in [0.1, 0.15) is 0 Å². The molecule has 2 atom stereocenters. The molecule has 0 N–H and O–H groups in total. The molecule has 7 heteroatoms. The van der Waals surface area contributed by atoms with Crippen molar-refractivity contribution in [2.75, 3.05) is 11.5 Å². The smallest absolute Gasteiger partial charge is 0.339 e. The van der Waals surface area contributed by atoms with E-state index in [1.165, 1.54) is 4.90 Å². The van der Waals surface area contributed by atoms with Gasteiger partial charge in [-0.1, -0.05) is 63.3 Å². The largest absolute Gasteiger partial charge is 0.454 e. The normalized spacial score (nSPS) is 19.3. The van der Waals surface area contributed by atoms with Gasteiger partial charge in [-0.15, -0.1) is 0 Å². The second-order valence-corrected chi connectivity index (χ2v) is 10.5. The summed E-state index contributed by atoms with van der Waals surface area (Å²) in [6.45, 7) is 5.01. The van der Waals surface area contributed by atoms with Crippen LogP contribution in [0.4, 0.5) is 5.69 Å². The second kappa shape index (κ2) is 9.39. The van der Waals surface area contributed by atoms with Crippen LogP contribution in [0.3, 0.4) is 0 Å². The lowest BCUT2D eigenvalue weighted by Crippen LogP contribution is -2.30. The average Bonchev–Trinajstić information content (AvgIpc) is 3.15. The topological polar surface area (TPSA) is 93.6 Å². The molecule has 5 rings (SSSR count). The van der Waals surface area contributed by atoms with Crippen LogP contribution in [0.25, 0.3) is 22.2 Å². The third-order valence-corrected chi connectivity index (χ3v) is 7.01. The van der Waals surface area contributed by atoms with Crippen molar-refractivity contribution in [1.29, 1.82) is 0 Å². The molecule has 0 saturated carbocycles. The number of benzene rings is 2. The van der Waals surface area contributed by atoms with E-state index in [1.54, 1.807) is 63.2 Å². The molecule has 7 nitrogen and oxygen atoms in total. The minimum absolute atomic E-state index is 0.178. The number of fused-ring (bicyclic) bond motifs is 2. The summed E-state index contributed by atoms with van der Waals surface area (Å²) in [5.74, 6) is -1.81. The lowest BCUT2D eigenvalue weighted by atomic mass is 9.85. The number of hydrogen-bond donors (Lipinski definition) is 0. The Kier molecular flexibility index (Phi) is 6.23. The highest BCUT2D eigenvalue weighted by Gasteiger charge is 2.47. The molecule has 1 aliphatic carbocycles. The second-order valence-electron chi connectivity index (χ2n) is 10.5. The van der Waals surface area contributed by atoms with Crippen LogP contribution < -0.4 is 4.90 Å². The Morgan fingerprint density at radius 2 is 1.62 bits per heavy atom. The Balaban J connectivity index is 1.50. The Hall–Kier alpha value is -4.13. The fourth-order valence-electron chi connectivity index (χ4n) is 4.78. The van der Waals surface area contributed by atoms with Crippen molar-refractivity contribution in [2.24, 2.45) is 17.3 Å². The molecular weight excluding hydrogens is 468 g/mol. The van der Waals surface area contributed by atoms with Crippen LogP contribution in [0.15, 0.2) is 66.7 Å². The van der Waals surface area contributed by atoms with Gasteiger partial charge < -0.3 is 4.74 Å². The number of pyridine rings is 1. The number of allylic oxidation sites excluding steroid dienone is 2. The number of nitrogens with zero attached hydrogens (tertiary/aromatic N) is 2. The number of imide groups is 1. The zero-order valence-electron chi connectivity index (χ0n) is 21.1. The highest BCUT2D eigenvalue weighted by atomic mass is 16.5. The first-order valence-corrected chi connectivity index (χ1v) is 12.4. The standard InChI is InChI=1S/C30H28N2O5/c1-30(2,3)26(33)17-37-29(36)23-16-25(31-24-14-7-6-11-20(23)24)18-9-8-10-19(15-18)32-27(34)21-12-4-5-13-22(21)28(32)35/h4-11,14-16,21-22H,12-13,17H2,1-3H3/t21-,22-/m0/s1. The molecule has 2 aromatic carbocycles. The van der Waals surface area contributed by atoms with Crippen LogP contribution in [0, 0.1) is 17.3 Å². The summed E-state index contributed by atoms with van der Waals surface area (Å²) in [6.07, 6.45) is 5.06. The van der Waals surface area contributed by atoms with Crippen molar-refractivity contribution in [1.82, 2.24) is 4.98 Å². The van der Waals surface area contributed by atoms with Crippen LogP contribution in [-0.2, 0) is 19.1 Å². The number of ether oxygens (including phenoxy) is 1. The molecule has 37 heavy (non-hydrogen) atoms. The molecule has 0 bridgehead atoms. The van der Waals surface area contributed by atoms with E-state index in [-0.39, 0.29) is 41.6 Å². The molecule has 0 radical (unpaired) electrons. The van der Waals surface area contributed by atoms with Gasteiger partial charge in [-0.3, -0.25) is 19.3 Å². The number of amides is 2. The summed E-state index contributed by atoms with van der Waals surface area (Å²) in [5, 5.41) is 0.608. The van der Waals surface area contributed by atoms with E-state index in [2.05, 4.69) is 0 Å². The predicted molar refractivity (Wildman–Crippen MR) is 140 cm³/mol. The lowest BCUT2D eigenvalue weighted by Gasteiger charge is -2.17. The summed E-state index contributed by atoms with van der Waals surface area (Å²) >= 11 is 0. The van der Waals surface area contributed by atoms with Gasteiger partial charge in [0.05, 0.1) is 34.3 Å². The highest BCUT2D eigenvalue weighted by molar-refractivity contribution is 6.22. The summed E-state index contributed by atoms with van der Waals surface area (Å²) in [5.41, 5.74) is 1.88. The average molecular weight is 497 g/mol. The van der Waals surface area contributed by atoms with Crippen molar-refractivity contribution < 1.29 is 23.9 Å². The summed E-state index contributed by atoms with van der Waals surface area (Å²) < 4.78 is 5.38. The molecule has 2 amide bonds. The van der Waals surface area contributed by atoms with Gasteiger partial charge in [0.2, 0.25) is 11.8 Å². The number of esters is 1. The van der Waals surface area contributed by atoms with Crippen molar-refractivity contribution in [3.05, 3.63) is 72.3 Å². The van der Waals surface area contributed by atoms with Gasteiger partial charge >= 0.3 is 5.97 Å². The van der Waals surface area contributed by atoms with Crippen molar-refractivity contribution in [2.45, 2.75) is 33.6 Å². The minimum atomic E-state index is -0.621. The summed E-state index contributed by atoms with van der Waals surface area (Å²) in [6, 6.07) is 15.9. The van der Waals surface area contributed by atoms with Crippen LogP contribution in [0.5, 0.6) is 0 Å². The highest BCUT2D eigenvalue weighted by Crippen LogP contribution is 2.38. The minimum Gasteiger partial charge on any atom is -0.454 e. The van der Waals surface area contributed by atoms with Gasteiger partial charge in [-0.05, 0) is 37.1 Å². The molecule has 1 aliphatic heterocycles. The zero-order chi connectivity index (χ0) is 26.3. The van der Waals surface area contributed by atoms with Crippen molar-refractivity contribution in [3.8, 4) is 11.3 Å². The fraction of sp³-hybridized carbons (Fsp3) is 0.300. The molecule has 2 aliphatic rings. The molecule has 0 spiro atoms. The predicted octanol–water partition coefficient (Wildman–Crippen LogP) is 5.13. The number of hydrogen-bond acceptors (Lipinski definition) is 6. The number of ketones is 1. The molecule has 1 aromatic heterocycles. The first kappa shape index (κ1) is 24.6. The van der Waals surface area contributed by atoms with E-state index in [9.17, 15) is 19.2 Å². The quantitative estimate of drug-likeness (QED) is 0.276. The molecule has 3 aromatic rings. The number of para-hydroxylation sites is 1. The number of carbonyl (C=O) groups is 4. The maximum atomic E-state index is 13.1. The lowest BCUT2D eigenvalue weighted by molar-refractivity contribution is -0.129. The van der Waals surface area contributed by atoms with E-state index in [1.807, 2.05) is 24.3 Å². The van der Waals surface area contributed by atoms with Crippen LogP contribution in [-0.4, -0.2) is 35.2 Å². The molecule has 1 saturated heterocycles. The number of Topliss-reactive ketones (excluding diaryl/α,β-unsaturated/α-hetero) is 1. The number of carbonyl (C=O) groups excluding carboxylic acids is 4. The van der Waals surface area contributed by atoms with Crippen LogP contribution >= 0.6 is 0 Å². The SMILES string of the molecule is CC(C)(C)C(=O)COC(=O)c1cc(-c2cccc(N3C(=O)[C@H]4CC=CC[C@@H]4C3=O)c2)nc2ccccc12. The van der Waals surface area contributed by atoms with Gasteiger partial charge in [0.15, 0.2) is 12.4 Å². The number of anilines is 1. The number of rotatable bonds is 5. The Morgan fingerprint density at radius 1 is 0.946 bits per heavy atom. The molecule has 188 valence electrons. The molecule has 1 fully saturated rings. The van der Waals surface area contributed by atoms with E-state index >= 15 is 0 Å². The Labute approximate surface area is 215 Å². The van der Waals surface area contributed by atoms with E-state index in [0.717, 1.165) is 0 Å². The maximum Gasteiger partial charge on any atom is 0.339 e. The maximum absolute atomic E-state index is 13.1. The Morgan fingerprint density at radius 3 is 2.30 bits per heavy atom.